The van der Waals surface area contributed by atoms with Gasteiger partial charge in [-0.15, -0.1) is 0 Å². The first kappa shape index (κ1) is 12.7. The third-order valence-electron chi connectivity index (χ3n) is 2.80. The summed E-state index contributed by atoms with van der Waals surface area (Å²) in [7, 11) is 0. The standard InChI is InChI=1S/C16H19NO/c1-12-5-3-4-6-16(12)18-15-9-7-14(8-10-15)11-13(2)17/h3-10,13H,11,17H2,1-2H3. The molecule has 0 aliphatic rings. The highest BCUT2D eigenvalue weighted by atomic mass is 16.5. The van der Waals surface area contributed by atoms with Gasteiger partial charge >= 0.3 is 0 Å². The first-order valence-electron chi connectivity index (χ1n) is 6.23. The normalized spacial score (nSPS) is 12.2. The number of rotatable bonds is 4. The molecular formula is C16H19NO. The molecule has 2 N–H and O–H groups in total. The maximum Gasteiger partial charge on any atom is 0.130 e. The van der Waals surface area contributed by atoms with Gasteiger partial charge in [-0.25, -0.2) is 0 Å². The first-order valence-corrected chi connectivity index (χ1v) is 6.23. The average Bonchev–Trinajstić information content (AvgIpc) is 2.34. The van der Waals surface area contributed by atoms with Gasteiger partial charge in [0.15, 0.2) is 0 Å². The Bertz CT molecular complexity index is 503. The van der Waals surface area contributed by atoms with E-state index in [1.54, 1.807) is 0 Å². The van der Waals surface area contributed by atoms with Crippen LogP contribution in [0.3, 0.4) is 0 Å². The lowest BCUT2D eigenvalue weighted by molar-refractivity contribution is 0.478. The lowest BCUT2D eigenvalue weighted by Crippen LogP contribution is -2.17. The molecule has 0 aliphatic carbocycles. The van der Waals surface area contributed by atoms with Gasteiger partial charge < -0.3 is 10.5 Å². The van der Waals surface area contributed by atoms with E-state index in [2.05, 4.69) is 12.1 Å². The average molecular weight is 241 g/mol. The number of hydrogen-bond donors (Lipinski definition) is 1. The van der Waals surface area contributed by atoms with E-state index < -0.39 is 0 Å². The molecule has 0 bridgehead atoms. The monoisotopic (exact) mass is 241 g/mol. The van der Waals surface area contributed by atoms with Crippen molar-refractivity contribution in [2.75, 3.05) is 0 Å². The van der Waals surface area contributed by atoms with Crippen LogP contribution in [0.2, 0.25) is 0 Å². The van der Waals surface area contributed by atoms with E-state index in [1.165, 1.54) is 5.56 Å². The van der Waals surface area contributed by atoms with Crippen LogP contribution in [-0.2, 0) is 6.42 Å². The van der Waals surface area contributed by atoms with Crippen molar-refractivity contribution in [3.63, 3.8) is 0 Å². The van der Waals surface area contributed by atoms with Crippen molar-refractivity contribution in [1.29, 1.82) is 0 Å². The molecule has 0 aliphatic heterocycles. The molecule has 0 fully saturated rings. The summed E-state index contributed by atoms with van der Waals surface area (Å²) in [5.41, 5.74) is 8.15. The van der Waals surface area contributed by atoms with E-state index in [0.29, 0.717) is 0 Å². The fourth-order valence-electron chi connectivity index (χ4n) is 1.86. The van der Waals surface area contributed by atoms with Gasteiger partial charge in [0.2, 0.25) is 0 Å². The zero-order valence-electron chi connectivity index (χ0n) is 10.9. The van der Waals surface area contributed by atoms with Gasteiger partial charge in [0.25, 0.3) is 0 Å². The predicted octanol–water partition coefficient (Wildman–Crippen LogP) is 3.68. The molecular weight excluding hydrogens is 222 g/mol. The largest absolute Gasteiger partial charge is 0.457 e. The van der Waals surface area contributed by atoms with E-state index in [1.807, 2.05) is 50.2 Å². The quantitative estimate of drug-likeness (QED) is 0.886. The third kappa shape index (κ3) is 3.34. The summed E-state index contributed by atoms with van der Waals surface area (Å²) >= 11 is 0. The second kappa shape index (κ2) is 5.69. The molecule has 0 heterocycles. The zero-order chi connectivity index (χ0) is 13.0. The molecule has 0 radical (unpaired) electrons. The van der Waals surface area contributed by atoms with Gasteiger partial charge in [-0.05, 0) is 49.6 Å². The van der Waals surface area contributed by atoms with Crippen molar-refractivity contribution in [2.45, 2.75) is 26.3 Å². The molecule has 2 aromatic rings. The van der Waals surface area contributed by atoms with Crippen molar-refractivity contribution in [3.8, 4) is 11.5 Å². The SMILES string of the molecule is Cc1ccccc1Oc1ccc(CC(C)N)cc1. The molecule has 0 saturated heterocycles. The second-order valence-electron chi connectivity index (χ2n) is 4.69. The van der Waals surface area contributed by atoms with Crippen LogP contribution in [0.25, 0.3) is 0 Å². The van der Waals surface area contributed by atoms with Gasteiger partial charge in [0, 0.05) is 6.04 Å². The minimum Gasteiger partial charge on any atom is -0.457 e. The molecule has 1 unspecified atom stereocenters. The molecule has 2 nitrogen and oxygen atoms in total. The van der Waals surface area contributed by atoms with Crippen molar-refractivity contribution in [2.24, 2.45) is 5.73 Å². The summed E-state index contributed by atoms with van der Waals surface area (Å²) in [4.78, 5) is 0. The molecule has 2 heteroatoms. The Hall–Kier alpha value is -1.80. The molecule has 0 spiro atoms. The number of nitrogens with two attached hydrogens (primary N) is 1. The highest BCUT2D eigenvalue weighted by molar-refractivity contribution is 5.37. The van der Waals surface area contributed by atoms with Crippen LogP contribution in [0, 0.1) is 6.92 Å². The van der Waals surface area contributed by atoms with E-state index >= 15 is 0 Å². The highest BCUT2D eigenvalue weighted by Crippen LogP contribution is 2.24. The minimum atomic E-state index is 0.188. The Kier molecular flexibility index (Phi) is 4.00. The van der Waals surface area contributed by atoms with E-state index in [0.717, 1.165) is 23.5 Å². The van der Waals surface area contributed by atoms with E-state index in [4.69, 9.17) is 10.5 Å². The van der Waals surface area contributed by atoms with Gasteiger partial charge in [-0.1, -0.05) is 30.3 Å². The van der Waals surface area contributed by atoms with Gasteiger partial charge in [0.05, 0.1) is 0 Å². The van der Waals surface area contributed by atoms with E-state index in [-0.39, 0.29) is 6.04 Å². The summed E-state index contributed by atoms with van der Waals surface area (Å²) in [5, 5.41) is 0. The molecule has 0 amide bonds. The maximum absolute atomic E-state index is 5.84. The zero-order valence-corrected chi connectivity index (χ0v) is 10.9. The number of ether oxygens (including phenoxy) is 1. The maximum atomic E-state index is 5.84. The van der Waals surface area contributed by atoms with Crippen LogP contribution in [0.4, 0.5) is 0 Å². The fraction of sp³-hybridized carbons (Fsp3) is 0.250. The van der Waals surface area contributed by atoms with Crippen LogP contribution in [0.1, 0.15) is 18.1 Å². The van der Waals surface area contributed by atoms with Crippen LogP contribution >= 0.6 is 0 Å². The van der Waals surface area contributed by atoms with Crippen molar-refractivity contribution in [3.05, 3.63) is 59.7 Å². The van der Waals surface area contributed by atoms with Gasteiger partial charge in [-0.2, -0.15) is 0 Å². The van der Waals surface area contributed by atoms with Crippen LogP contribution in [0.5, 0.6) is 11.5 Å². The number of para-hydroxylation sites is 1. The summed E-state index contributed by atoms with van der Waals surface area (Å²) < 4.78 is 5.84. The lowest BCUT2D eigenvalue weighted by Gasteiger charge is -2.10. The van der Waals surface area contributed by atoms with E-state index in [9.17, 15) is 0 Å². The summed E-state index contributed by atoms with van der Waals surface area (Å²) in [6.45, 7) is 4.05. The summed E-state index contributed by atoms with van der Waals surface area (Å²) in [5.74, 6) is 1.76. The molecule has 2 aromatic carbocycles. The smallest absolute Gasteiger partial charge is 0.130 e. The van der Waals surface area contributed by atoms with Gasteiger partial charge in [0.1, 0.15) is 11.5 Å². The lowest BCUT2D eigenvalue weighted by atomic mass is 10.1. The topological polar surface area (TPSA) is 35.2 Å². The number of benzene rings is 2. The third-order valence-corrected chi connectivity index (χ3v) is 2.80. The van der Waals surface area contributed by atoms with Crippen LogP contribution < -0.4 is 10.5 Å². The predicted molar refractivity (Wildman–Crippen MR) is 75.0 cm³/mol. The second-order valence-corrected chi connectivity index (χ2v) is 4.69. The van der Waals surface area contributed by atoms with Gasteiger partial charge in [-0.3, -0.25) is 0 Å². The first-order chi connectivity index (χ1) is 8.65. The Morgan fingerprint density at radius 1 is 1.06 bits per heavy atom. The highest BCUT2D eigenvalue weighted by Gasteiger charge is 2.01. The molecule has 18 heavy (non-hydrogen) atoms. The summed E-state index contributed by atoms with van der Waals surface area (Å²) in [6.07, 6.45) is 0.893. The van der Waals surface area contributed by atoms with Crippen molar-refractivity contribution < 1.29 is 4.74 Å². The number of hydrogen-bond acceptors (Lipinski definition) is 2. The Labute approximate surface area is 108 Å². The molecule has 1 atom stereocenters. The summed E-state index contributed by atoms with van der Waals surface area (Å²) in [6, 6.07) is 16.3. The van der Waals surface area contributed by atoms with Crippen molar-refractivity contribution >= 4 is 0 Å². The molecule has 94 valence electrons. The molecule has 2 rings (SSSR count). The number of aryl methyl sites for hydroxylation is 1. The Balaban J connectivity index is 2.09. The molecule has 0 aromatic heterocycles. The Morgan fingerprint density at radius 2 is 1.72 bits per heavy atom. The molecule has 0 saturated carbocycles. The Morgan fingerprint density at radius 3 is 2.33 bits per heavy atom. The minimum absolute atomic E-state index is 0.188. The van der Waals surface area contributed by atoms with Crippen molar-refractivity contribution in [1.82, 2.24) is 0 Å². The van der Waals surface area contributed by atoms with Crippen LogP contribution in [-0.4, -0.2) is 6.04 Å². The van der Waals surface area contributed by atoms with Crippen LogP contribution in [0.15, 0.2) is 48.5 Å². The fourth-order valence-corrected chi connectivity index (χ4v) is 1.86.